The topological polar surface area (TPSA) is 108 Å². The van der Waals surface area contributed by atoms with Crippen molar-refractivity contribution in [1.29, 1.82) is 0 Å². The van der Waals surface area contributed by atoms with E-state index in [4.69, 9.17) is 14.2 Å². The second kappa shape index (κ2) is 11.8. The summed E-state index contributed by atoms with van der Waals surface area (Å²) >= 11 is 0. The Morgan fingerprint density at radius 2 is 1.49 bits per heavy atom. The van der Waals surface area contributed by atoms with Crippen molar-refractivity contribution in [1.82, 2.24) is 5.32 Å². The molecule has 8 saturated carbocycles. The quantitative estimate of drug-likeness (QED) is 0.222. The predicted octanol–water partition coefficient (Wildman–Crippen LogP) is 5.99. The summed E-state index contributed by atoms with van der Waals surface area (Å²) < 4.78 is 17.4. The third-order valence-electron chi connectivity index (χ3n) is 15.4. The summed E-state index contributed by atoms with van der Waals surface area (Å²) in [5, 5.41) is 3.58. The fourth-order valence-corrected chi connectivity index (χ4v) is 13.9. The van der Waals surface area contributed by atoms with Crippen molar-refractivity contribution in [2.75, 3.05) is 0 Å². The lowest BCUT2D eigenvalue weighted by Crippen LogP contribution is -2.63. The molecule has 0 unspecified atom stereocenters. The lowest BCUT2D eigenvalue weighted by atomic mass is 9.43. The smallest absolute Gasteiger partial charge is 0.293 e. The zero-order valence-corrected chi connectivity index (χ0v) is 27.6. The molecule has 8 aliphatic carbocycles. The van der Waals surface area contributed by atoms with Gasteiger partial charge in [-0.25, -0.2) is 0 Å². The maximum atomic E-state index is 13.5. The molecule has 0 aliphatic heterocycles. The van der Waals surface area contributed by atoms with Crippen LogP contribution >= 0.6 is 0 Å². The van der Waals surface area contributed by atoms with Gasteiger partial charge in [-0.15, -0.1) is 0 Å². The monoisotopic (exact) mass is 625 g/mol. The third kappa shape index (κ3) is 5.23. The molecule has 8 fully saturated rings. The van der Waals surface area contributed by atoms with E-state index < -0.39 is 0 Å². The fourth-order valence-electron chi connectivity index (χ4n) is 13.9. The van der Waals surface area contributed by atoms with Gasteiger partial charge in [-0.2, -0.15) is 0 Å². The number of ether oxygens (including phenoxy) is 3. The lowest BCUT2D eigenvalue weighted by Gasteiger charge is -2.64. The van der Waals surface area contributed by atoms with Gasteiger partial charge in [-0.3, -0.25) is 19.2 Å². The molecule has 8 nitrogen and oxygen atoms in total. The molecule has 0 saturated heterocycles. The molecule has 11 atom stereocenters. The number of fused-ring (bicyclic) bond motifs is 5. The molecule has 0 heterocycles. The molecule has 0 aromatic heterocycles. The molecule has 1 amide bonds. The number of hydrogen-bond acceptors (Lipinski definition) is 7. The number of amides is 1. The summed E-state index contributed by atoms with van der Waals surface area (Å²) in [4.78, 5) is 48.4. The van der Waals surface area contributed by atoms with E-state index in [0.717, 1.165) is 69.1 Å². The maximum Gasteiger partial charge on any atom is 0.293 e. The number of rotatable bonds is 11. The molecule has 0 aromatic rings. The predicted molar refractivity (Wildman–Crippen MR) is 166 cm³/mol. The van der Waals surface area contributed by atoms with Gasteiger partial charge in [0.15, 0.2) is 0 Å². The number of nitrogens with one attached hydrogen (secondary N) is 1. The summed E-state index contributed by atoms with van der Waals surface area (Å²) in [5.74, 6) is 4.25. The first-order valence-corrected chi connectivity index (χ1v) is 18.2. The van der Waals surface area contributed by atoms with Gasteiger partial charge in [0, 0.05) is 23.3 Å². The van der Waals surface area contributed by atoms with Crippen LogP contribution in [-0.4, -0.2) is 49.2 Å². The van der Waals surface area contributed by atoms with Crippen molar-refractivity contribution in [3.05, 3.63) is 0 Å². The molecule has 8 rings (SSSR count). The first-order valence-electron chi connectivity index (χ1n) is 18.2. The molecule has 4 bridgehead atoms. The molecule has 45 heavy (non-hydrogen) atoms. The minimum atomic E-state index is -0.247. The maximum absolute atomic E-state index is 13.5. The van der Waals surface area contributed by atoms with E-state index in [9.17, 15) is 19.2 Å². The van der Waals surface area contributed by atoms with Gasteiger partial charge in [-0.1, -0.05) is 20.8 Å². The Kier molecular flexibility index (Phi) is 8.28. The molecule has 0 spiro atoms. The SMILES string of the molecule is C[C@H](CCC(=O)NC12CC3CC(CC(C3)C1)C2)[C@H]1CC[C@H]2[C@@H]3[C@H](OC=O)C[C@@H]4C[C@H](OC=O)CC[C@]4(C)[C@H]3C[C@H](OC=O)[C@]12C. The molecule has 8 heteroatoms. The zero-order chi connectivity index (χ0) is 31.6. The Morgan fingerprint density at radius 1 is 0.822 bits per heavy atom. The Bertz CT molecular complexity index is 1120. The Labute approximate surface area is 268 Å². The largest absolute Gasteiger partial charge is 0.465 e. The van der Waals surface area contributed by atoms with Crippen LogP contribution in [0.1, 0.15) is 117 Å². The van der Waals surface area contributed by atoms with Crippen LogP contribution in [0.25, 0.3) is 0 Å². The zero-order valence-electron chi connectivity index (χ0n) is 27.6. The van der Waals surface area contributed by atoms with Crippen molar-refractivity contribution in [2.24, 2.45) is 64.1 Å². The number of carbonyl (C=O) groups excluding carboxylic acids is 4. The van der Waals surface area contributed by atoms with Crippen LogP contribution in [0.3, 0.4) is 0 Å². The van der Waals surface area contributed by atoms with Crippen molar-refractivity contribution in [2.45, 2.75) is 141 Å². The van der Waals surface area contributed by atoms with Crippen LogP contribution in [-0.2, 0) is 33.4 Å². The van der Waals surface area contributed by atoms with Crippen molar-refractivity contribution in [3.8, 4) is 0 Å². The second-order valence-electron chi connectivity index (χ2n) is 17.4. The van der Waals surface area contributed by atoms with Gasteiger partial charge in [0.2, 0.25) is 5.91 Å². The Hall–Kier alpha value is -2.12. The molecular formula is C37H55NO7. The van der Waals surface area contributed by atoms with Crippen molar-refractivity contribution in [3.63, 3.8) is 0 Å². The van der Waals surface area contributed by atoms with Crippen LogP contribution in [0.15, 0.2) is 0 Å². The first kappa shape index (κ1) is 31.5. The third-order valence-corrected chi connectivity index (χ3v) is 15.4. The summed E-state index contributed by atoms with van der Waals surface area (Å²) in [6.45, 7) is 8.82. The van der Waals surface area contributed by atoms with Crippen molar-refractivity contribution < 1.29 is 33.4 Å². The molecule has 0 radical (unpaired) electrons. The average Bonchev–Trinajstić information content (AvgIpc) is 3.34. The molecule has 8 aliphatic rings. The van der Waals surface area contributed by atoms with Crippen LogP contribution < -0.4 is 5.32 Å². The number of carbonyl (C=O) groups is 4. The molecular weight excluding hydrogens is 570 g/mol. The van der Waals surface area contributed by atoms with E-state index in [1.807, 2.05) is 0 Å². The molecule has 250 valence electrons. The van der Waals surface area contributed by atoms with E-state index in [-0.39, 0.29) is 64.3 Å². The standard InChI is InChI=1S/C37H55NO7/c1-22(4-7-33(42)38-37-16-23-10-24(17-37)12-25(11-23)18-37)28-5-6-29-34-30(15-32(45-21-41)36(28,29)3)35(2)9-8-27(43-19-39)13-26(35)14-31(34)44-20-40/h19-32,34H,4-18H2,1-3H3,(H,38,42)/t22-,23?,24?,25?,26+,27-,28-,29+,30+,31-,32+,34+,35+,36-,37?/m1/s1. The second-order valence-corrected chi connectivity index (χ2v) is 17.4. The van der Waals surface area contributed by atoms with Crippen LogP contribution in [0, 0.1) is 64.1 Å². The van der Waals surface area contributed by atoms with Gasteiger partial charge < -0.3 is 19.5 Å². The summed E-state index contributed by atoms with van der Waals surface area (Å²) in [7, 11) is 0. The molecule has 0 aromatic carbocycles. The van der Waals surface area contributed by atoms with Crippen molar-refractivity contribution >= 4 is 25.3 Å². The fraction of sp³-hybridized carbons (Fsp3) is 0.892. The van der Waals surface area contributed by atoms with Gasteiger partial charge in [0.1, 0.15) is 18.3 Å². The van der Waals surface area contributed by atoms with E-state index >= 15 is 0 Å². The summed E-state index contributed by atoms with van der Waals surface area (Å²) in [5.41, 5.74) is -0.202. The van der Waals surface area contributed by atoms with Crippen LogP contribution in [0.4, 0.5) is 0 Å². The highest BCUT2D eigenvalue weighted by Crippen LogP contribution is 2.69. The molecule has 1 N–H and O–H groups in total. The first-order chi connectivity index (χ1) is 21.6. The summed E-state index contributed by atoms with van der Waals surface area (Å²) in [6.07, 6.45) is 14.6. The number of hydrogen-bond donors (Lipinski definition) is 1. The Balaban J connectivity index is 1.07. The highest BCUT2D eigenvalue weighted by Gasteiger charge is 2.67. The van der Waals surface area contributed by atoms with E-state index in [0.29, 0.717) is 37.7 Å². The lowest BCUT2D eigenvalue weighted by molar-refractivity contribution is -0.218. The highest BCUT2D eigenvalue weighted by molar-refractivity contribution is 5.76. The Morgan fingerprint density at radius 3 is 2.13 bits per heavy atom. The summed E-state index contributed by atoms with van der Waals surface area (Å²) in [6, 6.07) is 0. The van der Waals surface area contributed by atoms with Gasteiger partial charge in [0.05, 0.1) is 0 Å². The minimum absolute atomic E-state index is 0.00102. The normalized spacial score (nSPS) is 49.9. The average molecular weight is 626 g/mol. The van der Waals surface area contributed by atoms with Gasteiger partial charge in [-0.05, 0) is 143 Å². The van der Waals surface area contributed by atoms with Gasteiger partial charge in [0.25, 0.3) is 19.4 Å². The van der Waals surface area contributed by atoms with E-state index in [2.05, 4.69) is 26.1 Å². The van der Waals surface area contributed by atoms with Crippen LogP contribution in [0.2, 0.25) is 0 Å². The highest BCUT2D eigenvalue weighted by atomic mass is 16.5. The van der Waals surface area contributed by atoms with E-state index in [1.54, 1.807) is 0 Å². The minimum Gasteiger partial charge on any atom is -0.465 e. The van der Waals surface area contributed by atoms with Gasteiger partial charge >= 0.3 is 0 Å². The van der Waals surface area contributed by atoms with Crippen LogP contribution in [0.5, 0.6) is 0 Å². The van der Waals surface area contributed by atoms with E-state index in [1.165, 1.54) is 38.5 Å².